The molecule has 0 aliphatic heterocycles. The first-order valence-corrected chi connectivity index (χ1v) is 5.47. The van der Waals surface area contributed by atoms with Crippen LogP contribution >= 0.6 is 0 Å². The molecule has 0 fully saturated rings. The highest BCUT2D eigenvalue weighted by molar-refractivity contribution is 7.85. The average molecular weight is 213 g/mol. The standard InChI is InChI=1S/C9H11NO3S/c1-13-9(11)7-4-3-5-8(6-7)10-14(2)12/h3-6,10H,1-2H3. The van der Waals surface area contributed by atoms with Gasteiger partial charge in [0.2, 0.25) is 0 Å². The van der Waals surface area contributed by atoms with E-state index in [9.17, 15) is 9.00 Å². The molecule has 0 radical (unpaired) electrons. The van der Waals surface area contributed by atoms with E-state index in [1.807, 2.05) is 0 Å². The van der Waals surface area contributed by atoms with E-state index >= 15 is 0 Å². The van der Waals surface area contributed by atoms with Gasteiger partial charge < -0.3 is 9.46 Å². The highest BCUT2D eigenvalue weighted by atomic mass is 32.2. The molecule has 0 aromatic heterocycles. The number of anilines is 1. The van der Waals surface area contributed by atoms with E-state index in [2.05, 4.69) is 9.46 Å². The van der Waals surface area contributed by atoms with Crippen molar-refractivity contribution in [2.24, 2.45) is 0 Å². The second kappa shape index (κ2) is 4.76. The van der Waals surface area contributed by atoms with Crippen LogP contribution in [0.1, 0.15) is 10.4 Å². The zero-order valence-electron chi connectivity index (χ0n) is 7.94. The number of methoxy groups -OCH3 is 1. The van der Waals surface area contributed by atoms with Crippen molar-refractivity contribution in [1.82, 2.24) is 0 Å². The third-order valence-electron chi connectivity index (χ3n) is 1.55. The SMILES string of the molecule is COC(=O)c1cccc(NS(C)=O)c1. The second-order valence-corrected chi connectivity index (χ2v) is 3.74. The van der Waals surface area contributed by atoms with Crippen molar-refractivity contribution in [2.75, 3.05) is 18.1 Å². The van der Waals surface area contributed by atoms with E-state index < -0.39 is 17.0 Å². The maximum atomic E-state index is 11.1. The molecule has 1 rings (SSSR count). The molecule has 0 aliphatic carbocycles. The van der Waals surface area contributed by atoms with Crippen LogP contribution in [-0.4, -0.2) is 23.5 Å². The van der Waals surface area contributed by atoms with Crippen LogP contribution < -0.4 is 4.72 Å². The van der Waals surface area contributed by atoms with Gasteiger partial charge in [-0.1, -0.05) is 6.07 Å². The first-order valence-electron chi connectivity index (χ1n) is 3.92. The van der Waals surface area contributed by atoms with Crippen LogP contribution in [-0.2, 0) is 15.7 Å². The molecule has 1 unspecified atom stereocenters. The zero-order chi connectivity index (χ0) is 10.6. The predicted molar refractivity (Wildman–Crippen MR) is 55.5 cm³/mol. The van der Waals surface area contributed by atoms with E-state index in [1.165, 1.54) is 13.4 Å². The molecule has 0 heterocycles. The van der Waals surface area contributed by atoms with Gasteiger partial charge in [-0.15, -0.1) is 0 Å². The first-order chi connectivity index (χ1) is 6.63. The molecule has 4 nitrogen and oxygen atoms in total. The third-order valence-corrected chi connectivity index (χ3v) is 2.07. The molecule has 5 heteroatoms. The van der Waals surface area contributed by atoms with Crippen LogP contribution in [0.25, 0.3) is 0 Å². The number of benzene rings is 1. The monoisotopic (exact) mass is 213 g/mol. The Morgan fingerprint density at radius 3 is 2.79 bits per heavy atom. The quantitative estimate of drug-likeness (QED) is 0.767. The van der Waals surface area contributed by atoms with Crippen LogP contribution in [0.5, 0.6) is 0 Å². The van der Waals surface area contributed by atoms with Crippen LogP contribution in [0.15, 0.2) is 24.3 Å². The Balaban J connectivity index is 2.89. The van der Waals surface area contributed by atoms with Gasteiger partial charge in [0.05, 0.1) is 12.7 Å². The Kier molecular flexibility index (Phi) is 3.64. The third kappa shape index (κ3) is 2.85. The minimum absolute atomic E-state index is 0.407. The minimum atomic E-state index is -1.14. The summed E-state index contributed by atoms with van der Waals surface area (Å²) in [4.78, 5) is 11.1. The largest absolute Gasteiger partial charge is 0.465 e. The Bertz CT molecular complexity index is 365. The van der Waals surface area contributed by atoms with Gasteiger partial charge in [-0.05, 0) is 18.2 Å². The van der Waals surface area contributed by atoms with E-state index in [1.54, 1.807) is 24.3 Å². The van der Waals surface area contributed by atoms with Crippen molar-refractivity contribution in [1.29, 1.82) is 0 Å². The Morgan fingerprint density at radius 1 is 1.50 bits per heavy atom. The summed E-state index contributed by atoms with van der Waals surface area (Å²) in [7, 11) is 0.178. The van der Waals surface area contributed by atoms with Gasteiger partial charge in [0.25, 0.3) is 0 Å². The number of carbonyl (C=O) groups excluding carboxylic acids is 1. The van der Waals surface area contributed by atoms with Crippen molar-refractivity contribution in [3.63, 3.8) is 0 Å². The summed E-state index contributed by atoms with van der Waals surface area (Å²) in [6, 6.07) is 6.65. The number of esters is 1. The van der Waals surface area contributed by atoms with Crippen LogP contribution in [0, 0.1) is 0 Å². The summed E-state index contributed by atoms with van der Waals surface area (Å²) in [5.41, 5.74) is 1.07. The van der Waals surface area contributed by atoms with Crippen molar-refractivity contribution in [3.8, 4) is 0 Å². The molecule has 1 aromatic rings. The van der Waals surface area contributed by atoms with Crippen molar-refractivity contribution >= 4 is 22.6 Å². The molecule has 0 spiro atoms. The number of carbonyl (C=O) groups is 1. The number of rotatable bonds is 3. The minimum Gasteiger partial charge on any atom is -0.465 e. The maximum Gasteiger partial charge on any atom is 0.337 e. The van der Waals surface area contributed by atoms with E-state index in [0.29, 0.717) is 11.3 Å². The highest BCUT2D eigenvalue weighted by Crippen LogP contribution is 2.11. The fraction of sp³-hybridized carbons (Fsp3) is 0.222. The van der Waals surface area contributed by atoms with Crippen molar-refractivity contribution in [3.05, 3.63) is 29.8 Å². The number of hydrogen-bond donors (Lipinski definition) is 1. The number of hydrogen-bond acceptors (Lipinski definition) is 3. The van der Waals surface area contributed by atoms with Gasteiger partial charge in [-0.2, -0.15) is 0 Å². The molecule has 0 aliphatic rings. The van der Waals surface area contributed by atoms with Crippen molar-refractivity contribution < 1.29 is 13.7 Å². The summed E-state index contributed by atoms with van der Waals surface area (Å²) < 4.78 is 18.1. The van der Waals surface area contributed by atoms with E-state index in [0.717, 1.165) is 0 Å². The number of ether oxygens (including phenoxy) is 1. The summed E-state index contributed by atoms with van der Waals surface area (Å²) in [5.74, 6) is -0.407. The van der Waals surface area contributed by atoms with Crippen LogP contribution in [0.3, 0.4) is 0 Å². The Labute approximate surface area is 84.9 Å². The van der Waals surface area contributed by atoms with E-state index in [4.69, 9.17) is 0 Å². The molecule has 1 atom stereocenters. The van der Waals surface area contributed by atoms with Gasteiger partial charge in [-0.3, -0.25) is 0 Å². The Hall–Kier alpha value is -1.36. The fourth-order valence-corrected chi connectivity index (χ4v) is 1.45. The van der Waals surface area contributed by atoms with Gasteiger partial charge in [0.15, 0.2) is 0 Å². The lowest BCUT2D eigenvalue weighted by molar-refractivity contribution is 0.0601. The topological polar surface area (TPSA) is 55.4 Å². The van der Waals surface area contributed by atoms with Gasteiger partial charge in [-0.25, -0.2) is 9.00 Å². The molecular formula is C9H11NO3S. The summed E-state index contributed by atoms with van der Waals surface area (Å²) >= 11 is 0. The average Bonchev–Trinajstić information content (AvgIpc) is 2.16. The highest BCUT2D eigenvalue weighted by Gasteiger charge is 2.05. The molecule has 1 aromatic carbocycles. The predicted octanol–water partition coefficient (Wildman–Crippen LogP) is 1.18. The maximum absolute atomic E-state index is 11.1. The summed E-state index contributed by atoms with van der Waals surface area (Å²) in [5, 5.41) is 0. The molecule has 0 amide bonds. The smallest absolute Gasteiger partial charge is 0.337 e. The lowest BCUT2D eigenvalue weighted by atomic mass is 10.2. The zero-order valence-corrected chi connectivity index (χ0v) is 8.76. The van der Waals surface area contributed by atoms with Crippen molar-refractivity contribution in [2.45, 2.75) is 0 Å². The van der Waals surface area contributed by atoms with Gasteiger partial charge in [0, 0.05) is 11.9 Å². The normalized spacial score (nSPS) is 11.9. The molecule has 76 valence electrons. The second-order valence-electron chi connectivity index (χ2n) is 2.63. The lowest BCUT2D eigenvalue weighted by Crippen LogP contribution is -2.04. The lowest BCUT2D eigenvalue weighted by Gasteiger charge is -2.04. The summed E-state index contributed by atoms with van der Waals surface area (Å²) in [6.45, 7) is 0. The van der Waals surface area contributed by atoms with Gasteiger partial charge in [0.1, 0.15) is 11.0 Å². The first kappa shape index (κ1) is 10.7. The molecule has 0 saturated carbocycles. The molecular weight excluding hydrogens is 202 g/mol. The van der Waals surface area contributed by atoms with Gasteiger partial charge >= 0.3 is 5.97 Å². The molecule has 0 bridgehead atoms. The number of nitrogens with one attached hydrogen (secondary N) is 1. The molecule has 1 N–H and O–H groups in total. The van der Waals surface area contributed by atoms with Crippen LogP contribution in [0.4, 0.5) is 5.69 Å². The fourth-order valence-electron chi connectivity index (χ4n) is 0.993. The summed E-state index contributed by atoms with van der Waals surface area (Å²) in [6.07, 6.45) is 1.52. The molecule has 14 heavy (non-hydrogen) atoms. The Morgan fingerprint density at radius 2 is 2.21 bits per heavy atom. The molecule has 0 saturated heterocycles. The van der Waals surface area contributed by atoms with E-state index in [-0.39, 0.29) is 0 Å². The van der Waals surface area contributed by atoms with Crippen LogP contribution in [0.2, 0.25) is 0 Å².